The minimum Gasteiger partial charge on any atom is -0.381 e. The van der Waals surface area contributed by atoms with Crippen molar-refractivity contribution < 1.29 is 0 Å². The Morgan fingerprint density at radius 1 is 0.938 bits per heavy atom. The fourth-order valence-corrected chi connectivity index (χ4v) is 1.80. The molecule has 2 rings (SSSR count). The zero-order chi connectivity index (χ0) is 10.5. The molecule has 0 aliphatic carbocycles. The van der Waals surface area contributed by atoms with Crippen molar-refractivity contribution in [2.45, 2.75) is 6.54 Å². The van der Waals surface area contributed by atoms with Crippen molar-refractivity contribution in [2.75, 3.05) is 5.32 Å². The molecule has 0 fully saturated rings. The molecule has 0 atom stereocenters. The van der Waals surface area contributed by atoms with Crippen molar-refractivity contribution >= 4 is 34.0 Å². The first-order valence-electron chi connectivity index (χ1n) is 4.88. The van der Waals surface area contributed by atoms with Crippen LogP contribution in [0.4, 0.5) is 5.69 Å². The van der Waals surface area contributed by atoms with Crippen molar-refractivity contribution in [3.05, 3.63) is 64.6 Å². The lowest BCUT2D eigenvalue weighted by molar-refractivity contribution is 1.15. The van der Waals surface area contributed by atoms with Gasteiger partial charge in [0.25, 0.3) is 0 Å². The quantitative estimate of drug-likeness (QED) is 0.881. The molecule has 0 saturated heterocycles. The second kappa shape index (κ2) is 6.56. The predicted molar refractivity (Wildman–Crippen MR) is 75.2 cm³/mol. The first-order chi connectivity index (χ1) is 7.34. The van der Waals surface area contributed by atoms with Crippen LogP contribution < -0.4 is 5.32 Å². The van der Waals surface area contributed by atoms with Crippen LogP contribution >= 0.6 is 28.3 Å². The van der Waals surface area contributed by atoms with Gasteiger partial charge in [0.2, 0.25) is 0 Å². The molecule has 2 aromatic carbocycles. The third-order valence-electron chi connectivity index (χ3n) is 2.16. The second-order valence-electron chi connectivity index (χ2n) is 3.35. The largest absolute Gasteiger partial charge is 0.381 e. The minimum atomic E-state index is 0. The summed E-state index contributed by atoms with van der Waals surface area (Å²) in [6.07, 6.45) is 0. The molecule has 16 heavy (non-hydrogen) atoms. The molecular weight excluding hydrogens is 286 g/mol. The molecule has 3 heteroatoms. The molecule has 2 aromatic rings. The molecular formula is C13H13BrClN. The fraction of sp³-hybridized carbons (Fsp3) is 0.0769. The molecule has 1 nitrogen and oxygen atoms in total. The predicted octanol–water partition coefficient (Wildman–Crippen LogP) is 4.48. The van der Waals surface area contributed by atoms with Crippen LogP contribution in [0.25, 0.3) is 0 Å². The fourth-order valence-electron chi connectivity index (χ4n) is 1.40. The van der Waals surface area contributed by atoms with Crippen LogP contribution in [-0.2, 0) is 6.54 Å². The number of anilines is 1. The number of hydrogen-bond donors (Lipinski definition) is 1. The highest BCUT2D eigenvalue weighted by molar-refractivity contribution is 9.10. The van der Waals surface area contributed by atoms with Gasteiger partial charge >= 0.3 is 0 Å². The number of nitrogens with one attached hydrogen (secondary N) is 1. The van der Waals surface area contributed by atoms with Gasteiger partial charge in [0.15, 0.2) is 0 Å². The summed E-state index contributed by atoms with van der Waals surface area (Å²) in [5.41, 5.74) is 2.42. The summed E-state index contributed by atoms with van der Waals surface area (Å²) in [6.45, 7) is 0.858. The van der Waals surface area contributed by atoms with E-state index in [4.69, 9.17) is 0 Å². The third kappa shape index (κ3) is 3.87. The maximum Gasteiger partial charge on any atom is 0.0400 e. The molecule has 0 aliphatic heterocycles. The number of benzene rings is 2. The number of halogens is 2. The van der Waals surface area contributed by atoms with Gasteiger partial charge in [0.05, 0.1) is 0 Å². The van der Waals surface area contributed by atoms with E-state index in [2.05, 4.69) is 57.6 Å². The van der Waals surface area contributed by atoms with Crippen molar-refractivity contribution in [2.24, 2.45) is 0 Å². The van der Waals surface area contributed by atoms with E-state index in [1.807, 2.05) is 18.2 Å². The Balaban J connectivity index is 0.00000128. The van der Waals surface area contributed by atoms with E-state index in [1.54, 1.807) is 0 Å². The summed E-state index contributed by atoms with van der Waals surface area (Å²) >= 11 is 3.45. The van der Waals surface area contributed by atoms with Gasteiger partial charge in [0, 0.05) is 16.7 Å². The highest BCUT2D eigenvalue weighted by Gasteiger charge is 1.93. The average Bonchev–Trinajstić information content (AvgIpc) is 2.28. The summed E-state index contributed by atoms with van der Waals surface area (Å²) in [6, 6.07) is 18.6. The van der Waals surface area contributed by atoms with Gasteiger partial charge in [0.1, 0.15) is 0 Å². The zero-order valence-corrected chi connectivity index (χ0v) is 11.1. The summed E-state index contributed by atoms with van der Waals surface area (Å²) in [5, 5.41) is 3.37. The van der Waals surface area contributed by atoms with Crippen molar-refractivity contribution in [3.63, 3.8) is 0 Å². The van der Waals surface area contributed by atoms with Gasteiger partial charge in [-0.2, -0.15) is 0 Å². The summed E-state index contributed by atoms with van der Waals surface area (Å²) in [7, 11) is 0. The van der Waals surface area contributed by atoms with Crippen LogP contribution in [0.2, 0.25) is 0 Å². The van der Waals surface area contributed by atoms with Crippen LogP contribution in [-0.4, -0.2) is 0 Å². The minimum absolute atomic E-state index is 0. The average molecular weight is 299 g/mol. The van der Waals surface area contributed by atoms with Crippen LogP contribution in [0.1, 0.15) is 5.56 Å². The maximum absolute atomic E-state index is 3.45. The zero-order valence-electron chi connectivity index (χ0n) is 8.69. The molecule has 0 amide bonds. The third-order valence-corrected chi connectivity index (χ3v) is 2.66. The first kappa shape index (κ1) is 13.1. The second-order valence-corrected chi connectivity index (χ2v) is 4.27. The number of hydrogen-bond acceptors (Lipinski definition) is 1. The normalized spacial score (nSPS) is 9.31. The summed E-state index contributed by atoms with van der Waals surface area (Å²) in [4.78, 5) is 0. The Bertz CT molecular complexity index is 431. The Hall–Kier alpha value is -0.990. The molecule has 0 radical (unpaired) electrons. The SMILES string of the molecule is Brc1cccc(NCc2ccccc2)c1.Cl. The highest BCUT2D eigenvalue weighted by atomic mass is 79.9. The molecule has 84 valence electrons. The lowest BCUT2D eigenvalue weighted by Crippen LogP contribution is -1.98. The van der Waals surface area contributed by atoms with E-state index in [9.17, 15) is 0 Å². The van der Waals surface area contributed by atoms with Crippen LogP contribution in [0.15, 0.2) is 59.1 Å². The first-order valence-corrected chi connectivity index (χ1v) is 5.67. The van der Waals surface area contributed by atoms with Gasteiger partial charge in [-0.3, -0.25) is 0 Å². The molecule has 0 heterocycles. The molecule has 1 N–H and O–H groups in total. The molecule has 0 spiro atoms. The standard InChI is InChI=1S/C13H12BrN.ClH/c14-12-7-4-8-13(9-12)15-10-11-5-2-1-3-6-11;/h1-9,15H,10H2;1H. The van der Waals surface area contributed by atoms with Gasteiger partial charge in [-0.15, -0.1) is 12.4 Å². The Kier molecular flexibility index (Phi) is 5.36. The van der Waals surface area contributed by atoms with Crippen LogP contribution in [0.5, 0.6) is 0 Å². The molecule has 0 bridgehead atoms. The van der Waals surface area contributed by atoms with E-state index in [1.165, 1.54) is 5.56 Å². The van der Waals surface area contributed by atoms with E-state index in [0.29, 0.717) is 0 Å². The number of rotatable bonds is 3. The molecule has 0 unspecified atom stereocenters. The Labute approximate surface area is 110 Å². The summed E-state index contributed by atoms with van der Waals surface area (Å²) < 4.78 is 1.10. The lowest BCUT2D eigenvalue weighted by Gasteiger charge is -2.06. The van der Waals surface area contributed by atoms with Gasteiger partial charge < -0.3 is 5.32 Å². The van der Waals surface area contributed by atoms with Crippen molar-refractivity contribution in [3.8, 4) is 0 Å². The van der Waals surface area contributed by atoms with E-state index < -0.39 is 0 Å². The Morgan fingerprint density at radius 2 is 1.69 bits per heavy atom. The van der Waals surface area contributed by atoms with Crippen LogP contribution in [0.3, 0.4) is 0 Å². The maximum atomic E-state index is 3.45. The van der Waals surface area contributed by atoms with Gasteiger partial charge in [-0.25, -0.2) is 0 Å². The smallest absolute Gasteiger partial charge is 0.0400 e. The van der Waals surface area contributed by atoms with Gasteiger partial charge in [-0.1, -0.05) is 52.3 Å². The molecule has 0 aliphatic rings. The highest BCUT2D eigenvalue weighted by Crippen LogP contribution is 2.16. The molecule has 0 aromatic heterocycles. The Morgan fingerprint density at radius 3 is 2.38 bits per heavy atom. The monoisotopic (exact) mass is 297 g/mol. The van der Waals surface area contributed by atoms with E-state index >= 15 is 0 Å². The van der Waals surface area contributed by atoms with Crippen molar-refractivity contribution in [1.29, 1.82) is 0 Å². The van der Waals surface area contributed by atoms with E-state index in [-0.39, 0.29) is 12.4 Å². The van der Waals surface area contributed by atoms with Gasteiger partial charge in [-0.05, 0) is 23.8 Å². The lowest BCUT2D eigenvalue weighted by atomic mass is 10.2. The topological polar surface area (TPSA) is 12.0 Å². The molecule has 0 saturated carbocycles. The van der Waals surface area contributed by atoms with Crippen molar-refractivity contribution in [1.82, 2.24) is 0 Å². The summed E-state index contributed by atoms with van der Waals surface area (Å²) in [5.74, 6) is 0. The van der Waals surface area contributed by atoms with Crippen LogP contribution in [0, 0.1) is 0 Å². The van der Waals surface area contributed by atoms with E-state index in [0.717, 1.165) is 16.7 Å².